The summed E-state index contributed by atoms with van der Waals surface area (Å²) in [4.78, 5) is 12.9. The molecule has 0 aliphatic carbocycles. The molecule has 0 radical (unpaired) electrons. The van der Waals surface area contributed by atoms with E-state index in [2.05, 4.69) is 19.1 Å². The Bertz CT molecular complexity index is 751. The van der Waals surface area contributed by atoms with Gasteiger partial charge in [-0.05, 0) is 17.1 Å². The van der Waals surface area contributed by atoms with Crippen molar-refractivity contribution < 1.29 is 22.1 Å². The maximum absolute atomic E-state index is 9.22. The third kappa shape index (κ3) is 3.64. The van der Waals surface area contributed by atoms with Crippen LogP contribution in [0, 0.1) is 0 Å². The van der Waals surface area contributed by atoms with Gasteiger partial charge < -0.3 is 4.55 Å². The molecule has 0 bridgehead atoms. The molecule has 0 fully saturated rings. The van der Waals surface area contributed by atoms with Gasteiger partial charge in [0.1, 0.15) is 11.0 Å². The molecule has 0 atom stereocenters. The summed E-state index contributed by atoms with van der Waals surface area (Å²) in [6, 6.07) is 7.88. The first-order valence-electron chi connectivity index (χ1n) is 5.03. The number of benzene rings is 1. The van der Waals surface area contributed by atoms with Gasteiger partial charge in [-0.2, -0.15) is 0 Å². The van der Waals surface area contributed by atoms with Crippen LogP contribution in [0.4, 0.5) is 0 Å². The maximum atomic E-state index is 9.22. The lowest BCUT2D eigenvalue weighted by Crippen LogP contribution is -1.98. The molecule has 0 aliphatic rings. The van der Waals surface area contributed by atoms with E-state index in [1.807, 2.05) is 29.8 Å². The first kappa shape index (κ1) is 13.7. The van der Waals surface area contributed by atoms with Crippen molar-refractivity contribution in [1.29, 1.82) is 0 Å². The number of H-pyrrole nitrogens is 1. The summed E-state index contributed by atoms with van der Waals surface area (Å²) in [5, 5.41) is 0. The highest BCUT2D eigenvalue weighted by Gasteiger charge is 2.09. The van der Waals surface area contributed by atoms with Gasteiger partial charge in [-0.25, -0.2) is 18.4 Å². The number of para-hydroxylation sites is 2. The summed E-state index contributed by atoms with van der Waals surface area (Å²) in [6.07, 6.45) is 0. The van der Waals surface area contributed by atoms with Crippen LogP contribution in [0.5, 0.6) is 0 Å². The Labute approximate surface area is 112 Å². The lowest BCUT2D eigenvalue weighted by Gasteiger charge is -1.98. The molecule has 0 saturated heterocycles. The summed E-state index contributed by atoms with van der Waals surface area (Å²) in [7, 11) is -3.60. The first-order valence-corrected chi connectivity index (χ1v) is 7.24. The highest BCUT2D eigenvalue weighted by atomic mass is 32.3. The highest BCUT2D eigenvalue weighted by Crippen LogP contribution is 2.15. The molecular weight excluding hydrogens is 290 g/mol. The molecule has 2 heterocycles. The fourth-order valence-corrected chi connectivity index (χ4v) is 1.95. The fourth-order valence-electron chi connectivity index (χ4n) is 1.30. The van der Waals surface area contributed by atoms with Gasteiger partial charge in [0.2, 0.25) is 20.7 Å². The van der Waals surface area contributed by atoms with Gasteiger partial charge in [0.05, 0.1) is 7.11 Å². The second-order valence-electron chi connectivity index (χ2n) is 3.32. The van der Waals surface area contributed by atoms with E-state index < -0.39 is 10.4 Å². The molecule has 0 spiro atoms. The van der Waals surface area contributed by atoms with Crippen LogP contribution in [-0.2, 0) is 14.6 Å². The zero-order valence-corrected chi connectivity index (χ0v) is 11.4. The van der Waals surface area contributed by atoms with Crippen LogP contribution in [0.25, 0.3) is 21.5 Å². The molecule has 2 aromatic heterocycles. The molecule has 19 heavy (non-hydrogen) atoms. The molecule has 7 nitrogen and oxygen atoms in total. The van der Waals surface area contributed by atoms with Crippen molar-refractivity contribution in [3.05, 3.63) is 29.8 Å². The van der Waals surface area contributed by atoms with Gasteiger partial charge >= 0.3 is 5.65 Å². The molecule has 0 saturated carbocycles. The predicted molar refractivity (Wildman–Crippen MR) is 68.2 cm³/mol. The van der Waals surface area contributed by atoms with E-state index in [-0.39, 0.29) is 0 Å². The number of nitrogens with one attached hydrogen (secondary N) is 1. The molecule has 3 aromatic rings. The number of aromatic amines is 1. The number of hydrogen-bond donors (Lipinski definition) is 0. The standard InChI is InChI=1S/C9H5N3S.CH4O4S/c1-2-4-7-6(3-1)11-8-9(12-7)13-5-10-8;1-5-6(2,3)4/h1-5H;1H3,(H,2,3,4). The van der Waals surface area contributed by atoms with Gasteiger partial charge in [-0.3, -0.25) is 4.18 Å². The topological polar surface area (TPSA) is 106 Å². The summed E-state index contributed by atoms with van der Waals surface area (Å²) in [5.74, 6) is 0. The van der Waals surface area contributed by atoms with Crippen LogP contribution in [-0.4, -0.2) is 30.0 Å². The Morgan fingerprint density at radius 2 is 1.84 bits per heavy atom. The van der Waals surface area contributed by atoms with Crippen molar-refractivity contribution in [2.75, 3.05) is 7.11 Å². The maximum Gasteiger partial charge on any atom is 0.358 e. The van der Waals surface area contributed by atoms with Crippen molar-refractivity contribution in [3.8, 4) is 0 Å². The quantitative estimate of drug-likeness (QED) is 0.485. The molecular formula is C10H9N3O4S2. The molecule has 0 unspecified atom stereocenters. The third-order valence-corrected chi connectivity index (χ3v) is 3.26. The van der Waals surface area contributed by atoms with Crippen molar-refractivity contribution in [3.63, 3.8) is 0 Å². The minimum Gasteiger partial charge on any atom is -0.726 e. The third-order valence-electron chi connectivity index (χ3n) is 2.11. The van der Waals surface area contributed by atoms with Crippen molar-refractivity contribution in [2.24, 2.45) is 0 Å². The summed E-state index contributed by atoms with van der Waals surface area (Å²) in [6.45, 7) is 0. The average Bonchev–Trinajstić information content (AvgIpc) is 2.83. The van der Waals surface area contributed by atoms with Crippen LogP contribution in [0.1, 0.15) is 0 Å². The van der Waals surface area contributed by atoms with Crippen LogP contribution >= 0.6 is 11.3 Å². The van der Waals surface area contributed by atoms with E-state index in [0.717, 1.165) is 28.6 Å². The Morgan fingerprint density at radius 1 is 1.26 bits per heavy atom. The highest BCUT2D eigenvalue weighted by molar-refractivity contribution is 7.80. The van der Waals surface area contributed by atoms with Crippen molar-refractivity contribution in [2.45, 2.75) is 0 Å². The number of nitrogens with zero attached hydrogens (tertiary/aromatic N) is 2. The van der Waals surface area contributed by atoms with E-state index in [4.69, 9.17) is 0 Å². The smallest absolute Gasteiger partial charge is 0.358 e. The van der Waals surface area contributed by atoms with Crippen LogP contribution in [0.15, 0.2) is 29.8 Å². The van der Waals surface area contributed by atoms with E-state index in [9.17, 15) is 13.0 Å². The predicted octanol–water partition coefficient (Wildman–Crippen LogP) is 0.752. The molecule has 3 rings (SSSR count). The van der Waals surface area contributed by atoms with Gasteiger partial charge in [-0.15, -0.1) is 0 Å². The summed E-state index contributed by atoms with van der Waals surface area (Å²) >= 11 is 1.57. The van der Waals surface area contributed by atoms with Crippen LogP contribution in [0.2, 0.25) is 0 Å². The lowest BCUT2D eigenvalue weighted by molar-refractivity contribution is -0.340. The first-order chi connectivity index (χ1) is 8.99. The summed E-state index contributed by atoms with van der Waals surface area (Å²) in [5.41, 5.74) is 4.64. The van der Waals surface area contributed by atoms with Crippen molar-refractivity contribution >= 4 is 43.2 Å². The molecule has 9 heteroatoms. The number of thiazole rings is 1. The monoisotopic (exact) mass is 299 g/mol. The molecule has 0 amide bonds. The van der Waals surface area contributed by atoms with E-state index >= 15 is 0 Å². The molecule has 0 aliphatic heterocycles. The Balaban J connectivity index is 0.000000192. The van der Waals surface area contributed by atoms with Crippen LogP contribution in [0.3, 0.4) is 0 Å². The van der Waals surface area contributed by atoms with Crippen LogP contribution < -0.4 is 4.98 Å². The zero-order chi connectivity index (χ0) is 13.9. The van der Waals surface area contributed by atoms with Gasteiger partial charge in [0.15, 0.2) is 0 Å². The normalized spacial score (nSPS) is 11.3. The molecule has 1 N–H and O–H groups in total. The molecule has 100 valence electrons. The fraction of sp³-hybridized carbons (Fsp3) is 0.100. The SMILES string of the molecule is COS(=O)(=O)[O-].c1ccc2nc3sc[nH+]c3nc2c1. The summed E-state index contributed by atoms with van der Waals surface area (Å²) < 4.78 is 31.0. The Kier molecular flexibility index (Phi) is 4.00. The number of hydrogen-bond acceptors (Lipinski definition) is 7. The minimum atomic E-state index is -4.41. The number of aromatic nitrogens is 3. The number of fused-ring (bicyclic) bond motifs is 2. The van der Waals surface area contributed by atoms with E-state index in [1.54, 1.807) is 11.3 Å². The average molecular weight is 299 g/mol. The van der Waals surface area contributed by atoms with Gasteiger partial charge in [-0.1, -0.05) is 23.5 Å². The van der Waals surface area contributed by atoms with E-state index in [1.165, 1.54) is 0 Å². The Hall–Kier alpha value is -1.68. The minimum absolute atomic E-state index is 0.808. The van der Waals surface area contributed by atoms with Gasteiger partial charge in [0, 0.05) is 0 Å². The zero-order valence-electron chi connectivity index (χ0n) is 9.73. The van der Waals surface area contributed by atoms with Crippen molar-refractivity contribution in [1.82, 2.24) is 9.97 Å². The second-order valence-corrected chi connectivity index (χ2v) is 5.33. The second kappa shape index (κ2) is 5.53. The Morgan fingerprint density at radius 3 is 2.42 bits per heavy atom. The van der Waals surface area contributed by atoms with E-state index in [0.29, 0.717) is 0 Å². The van der Waals surface area contributed by atoms with Gasteiger partial charge in [0.25, 0.3) is 0 Å². The molecule has 1 aromatic carbocycles. The number of rotatable bonds is 1. The lowest BCUT2D eigenvalue weighted by atomic mass is 10.3. The largest absolute Gasteiger partial charge is 0.726 e.